The largest absolute Gasteiger partial charge is 0.338 e. The first-order chi connectivity index (χ1) is 12.0. The van der Waals surface area contributed by atoms with E-state index in [-0.39, 0.29) is 24.3 Å². The van der Waals surface area contributed by atoms with E-state index in [1.54, 1.807) is 42.7 Å². The fourth-order valence-electron chi connectivity index (χ4n) is 3.00. The van der Waals surface area contributed by atoms with Crippen LogP contribution >= 0.6 is 0 Å². The number of alkyl halides is 1. The molecule has 1 aliphatic rings. The summed E-state index contributed by atoms with van der Waals surface area (Å²) in [5, 5.41) is 3.92. The van der Waals surface area contributed by atoms with Crippen molar-refractivity contribution in [2.75, 3.05) is 13.1 Å². The molecule has 2 N–H and O–H groups in total. The maximum atomic E-state index is 13.3. The second-order valence-corrected chi connectivity index (χ2v) is 6.36. The Balaban J connectivity index is 1.69. The number of aromatic nitrogens is 2. The number of nitrogens with two attached hydrogens (primary N) is 1. The SMILES string of the molecule is C[C@@H](c1ccc(C(=O)n2cccn2)cc1)[C@H](N)C(=O)N1CC[C@H](F)C1. The van der Waals surface area contributed by atoms with Crippen LogP contribution in [0, 0.1) is 0 Å². The standard InChI is InChI=1S/C18H21FN4O2/c1-12(16(20)18(25)22-10-7-15(19)11-22)13-3-5-14(6-4-13)17(24)23-9-2-8-21-23/h2-6,8-9,12,15-16H,7,10-11,20H2,1H3/t12-,15-,16-/m0/s1. The third-order valence-electron chi connectivity index (χ3n) is 4.66. The third kappa shape index (κ3) is 3.61. The van der Waals surface area contributed by atoms with Gasteiger partial charge in [-0.2, -0.15) is 5.10 Å². The van der Waals surface area contributed by atoms with E-state index in [1.165, 1.54) is 9.58 Å². The Morgan fingerprint density at radius 2 is 2.04 bits per heavy atom. The van der Waals surface area contributed by atoms with Crippen LogP contribution in [-0.4, -0.2) is 51.8 Å². The van der Waals surface area contributed by atoms with E-state index in [9.17, 15) is 14.0 Å². The topological polar surface area (TPSA) is 81.2 Å². The molecule has 0 bridgehead atoms. The van der Waals surface area contributed by atoms with Gasteiger partial charge in [0.05, 0.1) is 12.6 Å². The second-order valence-electron chi connectivity index (χ2n) is 6.36. The van der Waals surface area contributed by atoms with Gasteiger partial charge >= 0.3 is 0 Å². The number of hydrogen-bond donors (Lipinski definition) is 1. The van der Waals surface area contributed by atoms with Crippen LogP contribution in [0.4, 0.5) is 4.39 Å². The normalized spacial score (nSPS) is 19.6. The van der Waals surface area contributed by atoms with E-state index in [2.05, 4.69) is 5.10 Å². The minimum atomic E-state index is -0.959. The van der Waals surface area contributed by atoms with Crippen LogP contribution in [0.3, 0.4) is 0 Å². The van der Waals surface area contributed by atoms with Crippen molar-refractivity contribution in [2.24, 2.45) is 5.73 Å². The van der Waals surface area contributed by atoms with Gasteiger partial charge in [-0.05, 0) is 30.2 Å². The number of nitrogens with zero attached hydrogens (tertiary/aromatic N) is 3. The molecular weight excluding hydrogens is 323 g/mol. The van der Waals surface area contributed by atoms with Crippen molar-refractivity contribution >= 4 is 11.8 Å². The molecule has 2 aromatic rings. The molecule has 1 aromatic carbocycles. The highest BCUT2D eigenvalue weighted by atomic mass is 19.1. The third-order valence-corrected chi connectivity index (χ3v) is 4.66. The molecular formula is C18H21FN4O2. The number of halogens is 1. The van der Waals surface area contributed by atoms with Crippen LogP contribution in [0.5, 0.6) is 0 Å². The summed E-state index contributed by atoms with van der Waals surface area (Å²) in [6, 6.07) is 7.91. The summed E-state index contributed by atoms with van der Waals surface area (Å²) in [7, 11) is 0. The number of benzene rings is 1. The molecule has 0 aliphatic carbocycles. The van der Waals surface area contributed by atoms with Crippen molar-refractivity contribution < 1.29 is 14.0 Å². The van der Waals surface area contributed by atoms with Gasteiger partial charge in [0.2, 0.25) is 5.91 Å². The van der Waals surface area contributed by atoms with Crippen molar-refractivity contribution in [1.29, 1.82) is 0 Å². The van der Waals surface area contributed by atoms with E-state index in [0.29, 0.717) is 18.5 Å². The number of likely N-dealkylation sites (tertiary alicyclic amines) is 1. The zero-order chi connectivity index (χ0) is 18.0. The van der Waals surface area contributed by atoms with Gasteiger partial charge < -0.3 is 10.6 Å². The van der Waals surface area contributed by atoms with Crippen LogP contribution in [-0.2, 0) is 4.79 Å². The van der Waals surface area contributed by atoms with Crippen LogP contribution in [0.1, 0.15) is 35.2 Å². The molecule has 0 unspecified atom stereocenters. The molecule has 1 saturated heterocycles. The summed E-state index contributed by atoms with van der Waals surface area (Å²) in [5.41, 5.74) is 7.45. The molecule has 3 atom stereocenters. The fraction of sp³-hybridized carbons (Fsp3) is 0.389. The Kier molecular flexibility index (Phi) is 4.94. The molecule has 1 fully saturated rings. The lowest BCUT2D eigenvalue weighted by Gasteiger charge is -2.25. The quantitative estimate of drug-likeness (QED) is 0.913. The molecule has 0 saturated carbocycles. The minimum absolute atomic E-state index is 0.122. The lowest BCUT2D eigenvalue weighted by Crippen LogP contribution is -2.45. The maximum Gasteiger partial charge on any atom is 0.278 e. The highest BCUT2D eigenvalue weighted by molar-refractivity contribution is 5.95. The molecule has 6 nitrogen and oxygen atoms in total. The molecule has 7 heteroatoms. The molecule has 1 amide bonds. The summed E-state index contributed by atoms with van der Waals surface area (Å²) >= 11 is 0. The van der Waals surface area contributed by atoms with Crippen molar-refractivity contribution in [3.8, 4) is 0 Å². The van der Waals surface area contributed by atoms with E-state index in [1.807, 2.05) is 6.92 Å². The molecule has 25 heavy (non-hydrogen) atoms. The molecule has 132 valence electrons. The Labute approximate surface area is 145 Å². The van der Waals surface area contributed by atoms with Crippen LogP contribution in [0.2, 0.25) is 0 Å². The van der Waals surface area contributed by atoms with Crippen LogP contribution in [0.25, 0.3) is 0 Å². The predicted molar refractivity (Wildman–Crippen MR) is 90.9 cm³/mol. The number of carbonyl (C=O) groups excluding carboxylic acids is 2. The molecule has 0 radical (unpaired) electrons. The Morgan fingerprint density at radius 3 is 2.60 bits per heavy atom. The lowest BCUT2D eigenvalue weighted by atomic mass is 9.92. The molecule has 3 rings (SSSR count). The van der Waals surface area contributed by atoms with Gasteiger partial charge in [0, 0.05) is 30.4 Å². The summed E-state index contributed by atoms with van der Waals surface area (Å²) in [5.74, 6) is -0.694. The van der Waals surface area contributed by atoms with Gasteiger partial charge in [0.15, 0.2) is 0 Å². The number of amides is 1. The Hall–Kier alpha value is -2.54. The van der Waals surface area contributed by atoms with Crippen molar-refractivity contribution in [3.05, 3.63) is 53.9 Å². The van der Waals surface area contributed by atoms with Crippen molar-refractivity contribution in [2.45, 2.75) is 31.5 Å². The fourth-order valence-corrected chi connectivity index (χ4v) is 3.00. The predicted octanol–water partition coefficient (Wildman–Crippen LogP) is 1.57. The Morgan fingerprint density at radius 1 is 1.32 bits per heavy atom. The molecule has 1 aromatic heterocycles. The second kappa shape index (κ2) is 7.14. The first-order valence-electron chi connectivity index (χ1n) is 8.30. The van der Waals surface area contributed by atoms with Gasteiger partial charge in [-0.3, -0.25) is 9.59 Å². The zero-order valence-electron chi connectivity index (χ0n) is 14.0. The van der Waals surface area contributed by atoms with Crippen molar-refractivity contribution in [3.63, 3.8) is 0 Å². The minimum Gasteiger partial charge on any atom is -0.338 e. The summed E-state index contributed by atoms with van der Waals surface area (Å²) in [4.78, 5) is 26.1. The highest BCUT2D eigenvalue weighted by Gasteiger charge is 2.32. The molecule has 0 spiro atoms. The smallest absolute Gasteiger partial charge is 0.278 e. The van der Waals surface area contributed by atoms with E-state index >= 15 is 0 Å². The van der Waals surface area contributed by atoms with Gasteiger partial charge in [-0.25, -0.2) is 9.07 Å². The van der Waals surface area contributed by atoms with Gasteiger partial charge in [-0.1, -0.05) is 19.1 Å². The summed E-state index contributed by atoms with van der Waals surface area (Å²) in [6.45, 7) is 2.39. The molecule has 1 aliphatic heterocycles. The molecule has 2 heterocycles. The van der Waals surface area contributed by atoms with E-state index < -0.39 is 12.2 Å². The average Bonchev–Trinajstić information content (AvgIpc) is 3.31. The number of hydrogen-bond acceptors (Lipinski definition) is 4. The maximum absolute atomic E-state index is 13.3. The lowest BCUT2D eigenvalue weighted by molar-refractivity contribution is -0.132. The number of rotatable bonds is 4. The van der Waals surface area contributed by atoms with Crippen LogP contribution in [0.15, 0.2) is 42.7 Å². The van der Waals surface area contributed by atoms with E-state index in [4.69, 9.17) is 5.73 Å². The summed E-state index contributed by atoms with van der Waals surface area (Å²) in [6.07, 6.45) is 2.54. The number of carbonyl (C=O) groups is 2. The summed E-state index contributed by atoms with van der Waals surface area (Å²) < 4.78 is 14.5. The van der Waals surface area contributed by atoms with E-state index in [0.717, 1.165) is 5.56 Å². The Bertz CT molecular complexity index is 745. The van der Waals surface area contributed by atoms with Gasteiger partial charge in [-0.15, -0.1) is 0 Å². The van der Waals surface area contributed by atoms with Crippen LogP contribution < -0.4 is 5.73 Å². The zero-order valence-corrected chi connectivity index (χ0v) is 14.0. The van der Waals surface area contributed by atoms with Crippen molar-refractivity contribution in [1.82, 2.24) is 14.7 Å². The monoisotopic (exact) mass is 344 g/mol. The van der Waals surface area contributed by atoms with Gasteiger partial charge in [0.1, 0.15) is 6.17 Å². The van der Waals surface area contributed by atoms with Gasteiger partial charge in [0.25, 0.3) is 5.91 Å². The first-order valence-corrected chi connectivity index (χ1v) is 8.30. The highest BCUT2D eigenvalue weighted by Crippen LogP contribution is 2.22. The first kappa shape index (κ1) is 17.3. The average molecular weight is 344 g/mol.